The molecule has 5 aromatic rings. The first-order valence-electron chi connectivity index (χ1n) is 12.1. The number of nitrogens with zero attached hydrogens (tertiary/aromatic N) is 6. The van der Waals surface area contributed by atoms with Gasteiger partial charge in [0.25, 0.3) is 0 Å². The van der Waals surface area contributed by atoms with Crippen molar-refractivity contribution in [1.82, 2.24) is 24.6 Å². The third kappa shape index (κ3) is 4.80. The molecule has 38 heavy (non-hydrogen) atoms. The predicted molar refractivity (Wildman–Crippen MR) is 144 cm³/mol. The third-order valence-electron chi connectivity index (χ3n) is 6.44. The summed E-state index contributed by atoms with van der Waals surface area (Å²) < 4.78 is 41.3. The van der Waals surface area contributed by atoms with E-state index in [0.29, 0.717) is 28.4 Å². The number of fused-ring (bicyclic) bond motifs is 1. The maximum atomic E-state index is 13.9. The number of aromatic nitrogens is 5. The second-order valence-electron chi connectivity index (χ2n) is 9.20. The van der Waals surface area contributed by atoms with Crippen molar-refractivity contribution in [2.24, 2.45) is 0 Å². The Hall–Kier alpha value is -4.38. The van der Waals surface area contributed by atoms with Gasteiger partial charge in [0.2, 0.25) is 10.0 Å². The van der Waals surface area contributed by atoms with Gasteiger partial charge < -0.3 is 4.90 Å². The zero-order chi connectivity index (χ0) is 26.3. The molecule has 1 aromatic carbocycles. The van der Waals surface area contributed by atoms with Gasteiger partial charge in [0.05, 0.1) is 35.6 Å². The molecule has 9 nitrogen and oxygen atoms in total. The Morgan fingerprint density at radius 3 is 2.53 bits per heavy atom. The van der Waals surface area contributed by atoms with Crippen LogP contribution in [0.2, 0.25) is 0 Å². The van der Waals surface area contributed by atoms with E-state index in [9.17, 15) is 12.8 Å². The van der Waals surface area contributed by atoms with Gasteiger partial charge in [0.15, 0.2) is 5.65 Å². The summed E-state index contributed by atoms with van der Waals surface area (Å²) in [5, 5.41) is 4.90. The highest BCUT2D eigenvalue weighted by Crippen LogP contribution is 2.35. The van der Waals surface area contributed by atoms with Gasteiger partial charge in [-0.15, -0.1) is 5.10 Å². The Kier molecular flexibility index (Phi) is 5.99. The SMILES string of the molecule is CS(=O)(=O)Nc1cccc(-c2cccc(-c3cnc4ccc(N5CCC[C@@H]5c5cccc(F)c5)nn34)n2)n1. The van der Waals surface area contributed by atoms with Gasteiger partial charge in [-0.1, -0.05) is 24.3 Å². The standard InChI is InChI=1S/C27H24FN7O2S/c1-38(36,37)33-25-12-4-9-21(31-25)20-8-3-10-22(30-20)24-17-29-26-13-14-27(32-35(24)26)34-15-5-11-23(34)18-6-2-7-19(28)16-18/h2-4,6-10,12-14,16-17,23H,5,11,15H2,1H3,(H,31,33)/t23-/m1/s1. The Balaban J connectivity index is 1.35. The molecule has 0 aliphatic carbocycles. The minimum Gasteiger partial charge on any atom is -0.348 e. The zero-order valence-electron chi connectivity index (χ0n) is 20.5. The molecule has 5 heterocycles. The molecule has 1 fully saturated rings. The maximum absolute atomic E-state index is 13.9. The lowest BCUT2D eigenvalue weighted by Gasteiger charge is -2.26. The minimum absolute atomic E-state index is 0.0444. The number of pyridine rings is 2. The monoisotopic (exact) mass is 529 g/mol. The number of sulfonamides is 1. The molecule has 1 saturated heterocycles. The van der Waals surface area contributed by atoms with Crippen LogP contribution in [0.25, 0.3) is 28.4 Å². The summed E-state index contributed by atoms with van der Waals surface area (Å²) in [6.07, 6.45) is 4.71. The van der Waals surface area contributed by atoms with E-state index in [-0.39, 0.29) is 17.7 Å². The fraction of sp³-hybridized carbons (Fsp3) is 0.185. The average Bonchev–Trinajstić information content (AvgIpc) is 3.55. The van der Waals surface area contributed by atoms with Crippen LogP contribution in [0.1, 0.15) is 24.4 Å². The number of benzene rings is 1. The van der Waals surface area contributed by atoms with Gasteiger partial charge in [0, 0.05) is 6.54 Å². The second-order valence-corrected chi connectivity index (χ2v) is 11.0. The van der Waals surface area contributed by atoms with Crippen LogP contribution in [-0.2, 0) is 10.0 Å². The van der Waals surface area contributed by atoms with Crippen LogP contribution >= 0.6 is 0 Å². The average molecular weight is 530 g/mol. The van der Waals surface area contributed by atoms with E-state index in [1.807, 2.05) is 36.4 Å². The van der Waals surface area contributed by atoms with Crippen molar-refractivity contribution in [3.05, 3.63) is 90.4 Å². The van der Waals surface area contributed by atoms with Crippen LogP contribution in [0.4, 0.5) is 16.0 Å². The van der Waals surface area contributed by atoms with Gasteiger partial charge in [-0.25, -0.2) is 32.3 Å². The van der Waals surface area contributed by atoms with E-state index < -0.39 is 10.0 Å². The van der Waals surface area contributed by atoms with Crippen molar-refractivity contribution < 1.29 is 12.8 Å². The fourth-order valence-electron chi connectivity index (χ4n) is 4.84. The summed E-state index contributed by atoms with van der Waals surface area (Å²) in [7, 11) is -3.45. The highest BCUT2D eigenvalue weighted by Gasteiger charge is 2.28. The van der Waals surface area contributed by atoms with Gasteiger partial charge in [-0.3, -0.25) is 4.72 Å². The molecule has 4 aromatic heterocycles. The highest BCUT2D eigenvalue weighted by atomic mass is 32.2. The molecule has 0 radical (unpaired) electrons. The first-order chi connectivity index (χ1) is 18.3. The van der Waals surface area contributed by atoms with Crippen molar-refractivity contribution >= 4 is 27.3 Å². The first-order valence-corrected chi connectivity index (χ1v) is 14.0. The number of hydrogen-bond donors (Lipinski definition) is 1. The van der Waals surface area contributed by atoms with E-state index in [1.165, 1.54) is 6.07 Å². The smallest absolute Gasteiger partial charge is 0.230 e. The van der Waals surface area contributed by atoms with Gasteiger partial charge in [-0.2, -0.15) is 0 Å². The van der Waals surface area contributed by atoms with Gasteiger partial charge in [-0.05, 0) is 66.9 Å². The largest absolute Gasteiger partial charge is 0.348 e. The molecule has 1 atom stereocenters. The van der Waals surface area contributed by atoms with Crippen LogP contribution in [0.5, 0.6) is 0 Å². The van der Waals surface area contributed by atoms with Crippen molar-refractivity contribution in [3.8, 4) is 22.8 Å². The van der Waals surface area contributed by atoms with Crippen LogP contribution in [0.15, 0.2) is 79.0 Å². The second kappa shape index (κ2) is 9.49. The first kappa shape index (κ1) is 24.0. The molecular formula is C27H24FN7O2S. The van der Waals surface area contributed by atoms with Crippen molar-refractivity contribution in [3.63, 3.8) is 0 Å². The Morgan fingerprint density at radius 2 is 1.71 bits per heavy atom. The topological polar surface area (TPSA) is 105 Å². The summed E-state index contributed by atoms with van der Waals surface area (Å²) in [4.78, 5) is 15.9. The number of anilines is 2. The molecule has 0 saturated carbocycles. The molecular weight excluding hydrogens is 505 g/mol. The number of imidazole rings is 1. The summed E-state index contributed by atoms with van der Waals surface area (Å²) in [6.45, 7) is 0.820. The third-order valence-corrected chi connectivity index (χ3v) is 7.02. The Labute approximate surface area is 219 Å². The number of rotatable bonds is 6. The summed E-state index contributed by atoms with van der Waals surface area (Å²) in [6, 6.07) is 21.3. The molecule has 6 rings (SSSR count). The molecule has 1 aliphatic heterocycles. The number of halogens is 1. The summed E-state index contributed by atoms with van der Waals surface area (Å²) in [5.41, 5.74) is 4.07. The molecule has 192 valence electrons. The normalized spacial score (nSPS) is 15.7. The Bertz CT molecular complexity index is 1760. The van der Waals surface area contributed by atoms with E-state index in [2.05, 4.69) is 19.6 Å². The van der Waals surface area contributed by atoms with Crippen molar-refractivity contribution in [2.45, 2.75) is 18.9 Å². The molecule has 0 amide bonds. The van der Waals surface area contributed by atoms with E-state index >= 15 is 0 Å². The summed E-state index contributed by atoms with van der Waals surface area (Å²) >= 11 is 0. The van der Waals surface area contributed by atoms with E-state index in [0.717, 1.165) is 37.0 Å². The lowest BCUT2D eigenvalue weighted by molar-refractivity contribution is 0.606. The lowest BCUT2D eigenvalue weighted by Crippen LogP contribution is -2.24. The number of nitrogens with one attached hydrogen (secondary N) is 1. The molecule has 0 spiro atoms. The van der Waals surface area contributed by atoms with Crippen molar-refractivity contribution in [2.75, 3.05) is 22.4 Å². The minimum atomic E-state index is -3.45. The van der Waals surface area contributed by atoms with E-state index in [1.54, 1.807) is 41.0 Å². The van der Waals surface area contributed by atoms with Gasteiger partial charge in [0.1, 0.15) is 23.1 Å². The molecule has 0 bridgehead atoms. The Morgan fingerprint density at radius 1 is 0.947 bits per heavy atom. The fourth-order valence-corrected chi connectivity index (χ4v) is 5.33. The zero-order valence-corrected chi connectivity index (χ0v) is 21.3. The lowest BCUT2D eigenvalue weighted by atomic mass is 10.0. The van der Waals surface area contributed by atoms with Crippen molar-refractivity contribution in [1.29, 1.82) is 0 Å². The van der Waals surface area contributed by atoms with E-state index in [4.69, 9.17) is 10.1 Å². The van der Waals surface area contributed by atoms with Gasteiger partial charge >= 0.3 is 0 Å². The van der Waals surface area contributed by atoms with Crippen LogP contribution in [0.3, 0.4) is 0 Å². The highest BCUT2D eigenvalue weighted by molar-refractivity contribution is 7.92. The van der Waals surface area contributed by atoms with Crippen LogP contribution < -0.4 is 9.62 Å². The molecule has 11 heteroatoms. The molecule has 1 N–H and O–H groups in total. The quantitative estimate of drug-likeness (QED) is 0.340. The number of hydrogen-bond acceptors (Lipinski definition) is 7. The van der Waals surface area contributed by atoms with Crippen LogP contribution in [0, 0.1) is 5.82 Å². The maximum Gasteiger partial charge on any atom is 0.230 e. The summed E-state index contributed by atoms with van der Waals surface area (Å²) in [5.74, 6) is 0.755. The van der Waals surface area contributed by atoms with Crippen LogP contribution in [-0.4, -0.2) is 45.8 Å². The predicted octanol–water partition coefficient (Wildman–Crippen LogP) is 4.71. The molecule has 0 unspecified atom stereocenters. The molecule has 1 aliphatic rings.